The van der Waals surface area contributed by atoms with Crippen LogP contribution in [0, 0.1) is 6.92 Å². The van der Waals surface area contributed by atoms with Crippen LogP contribution >= 0.6 is 0 Å². The first-order valence-electron chi connectivity index (χ1n) is 8.21. The van der Waals surface area contributed by atoms with Crippen molar-refractivity contribution in [1.82, 2.24) is 5.32 Å². The molecule has 0 aromatic heterocycles. The molecule has 0 aliphatic rings. The minimum atomic E-state index is -0.508. The molecule has 0 aliphatic heterocycles. The zero-order valence-electron chi connectivity index (χ0n) is 14.7. The van der Waals surface area contributed by atoms with Gasteiger partial charge in [-0.15, -0.1) is 0 Å². The average molecular weight is 327 g/mol. The van der Waals surface area contributed by atoms with Crippen LogP contribution in [0.1, 0.15) is 37.4 Å². The summed E-state index contributed by atoms with van der Waals surface area (Å²) in [6.45, 7) is 5.88. The normalized spacial score (nSPS) is 13.0. The Labute approximate surface area is 143 Å². The number of methoxy groups -OCH3 is 1. The van der Waals surface area contributed by atoms with Crippen molar-refractivity contribution in [3.63, 3.8) is 0 Å². The predicted molar refractivity (Wildman–Crippen MR) is 95.4 cm³/mol. The molecule has 24 heavy (non-hydrogen) atoms. The number of nitrogens with one attached hydrogen (secondary N) is 1. The summed E-state index contributed by atoms with van der Waals surface area (Å²) >= 11 is 0. The van der Waals surface area contributed by atoms with Crippen molar-refractivity contribution in [3.05, 3.63) is 59.7 Å². The molecule has 0 saturated heterocycles. The van der Waals surface area contributed by atoms with Crippen LogP contribution < -0.4 is 14.8 Å². The van der Waals surface area contributed by atoms with Crippen molar-refractivity contribution in [2.24, 2.45) is 0 Å². The van der Waals surface area contributed by atoms with E-state index in [1.807, 2.05) is 69.3 Å². The van der Waals surface area contributed by atoms with Crippen LogP contribution in [-0.2, 0) is 4.79 Å². The molecule has 0 bridgehead atoms. The number of hydrogen-bond acceptors (Lipinski definition) is 3. The van der Waals surface area contributed by atoms with Crippen molar-refractivity contribution < 1.29 is 14.3 Å². The van der Waals surface area contributed by atoms with Crippen LogP contribution in [0.25, 0.3) is 0 Å². The van der Waals surface area contributed by atoms with Crippen LogP contribution in [0.3, 0.4) is 0 Å². The van der Waals surface area contributed by atoms with Crippen LogP contribution in [-0.4, -0.2) is 19.1 Å². The fourth-order valence-electron chi connectivity index (χ4n) is 2.45. The first kappa shape index (κ1) is 17.9. The van der Waals surface area contributed by atoms with Crippen molar-refractivity contribution in [2.75, 3.05) is 7.11 Å². The summed E-state index contributed by atoms with van der Waals surface area (Å²) in [5.41, 5.74) is 2.04. The molecule has 4 heteroatoms. The Kier molecular flexibility index (Phi) is 6.24. The summed E-state index contributed by atoms with van der Waals surface area (Å²) in [6.07, 6.45) is 0.0991. The molecule has 0 saturated carbocycles. The van der Waals surface area contributed by atoms with Gasteiger partial charge in [0.25, 0.3) is 5.91 Å². The maximum atomic E-state index is 12.5. The Morgan fingerprint density at radius 3 is 2.38 bits per heavy atom. The molecule has 0 spiro atoms. The number of carbonyl (C=O) groups is 1. The summed E-state index contributed by atoms with van der Waals surface area (Å²) < 4.78 is 11.1. The zero-order chi connectivity index (χ0) is 17.5. The van der Waals surface area contributed by atoms with E-state index in [1.165, 1.54) is 0 Å². The van der Waals surface area contributed by atoms with E-state index in [1.54, 1.807) is 7.11 Å². The van der Waals surface area contributed by atoms with E-state index in [4.69, 9.17) is 9.47 Å². The molecule has 128 valence electrons. The number of benzene rings is 2. The third-order valence-corrected chi connectivity index (χ3v) is 4.00. The fourth-order valence-corrected chi connectivity index (χ4v) is 2.45. The molecule has 4 nitrogen and oxygen atoms in total. The lowest BCUT2D eigenvalue weighted by atomic mass is 10.1. The van der Waals surface area contributed by atoms with E-state index in [-0.39, 0.29) is 11.9 Å². The number of hydrogen-bond donors (Lipinski definition) is 1. The standard InChI is InChI=1S/C20H25NO3/c1-5-18(24-19-9-7-6-8-14(19)2)20(22)21-15(3)16-10-12-17(23-4)13-11-16/h6-13,15,18H,5H2,1-4H3,(H,21,22)/t15-,18+/m1/s1. The Bertz CT molecular complexity index is 667. The van der Waals surface area contributed by atoms with Crippen LogP contribution in [0.4, 0.5) is 0 Å². The van der Waals surface area contributed by atoms with Gasteiger partial charge in [0.1, 0.15) is 11.5 Å². The molecule has 0 aliphatic carbocycles. The second kappa shape index (κ2) is 8.39. The van der Waals surface area contributed by atoms with Gasteiger partial charge in [0.15, 0.2) is 6.10 Å². The predicted octanol–water partition coefficient (Wildman–Crippen LogP) is 4.04. The monoisotopic (exact) mass is 327 g/mol. The first-order chi connectivity index (χ1) is 11.5. The molecule has 2 rings (SSSR count). The van der Waals surface area contributed by atoms with E-state index in [9.17, 15) is 4.79 Å². The Morgan fingerprint density at radius 2 is 1.79 bits per heavy atom. The number of para-hydroxylation sites is 1. The van der Waals surface area contributed by atoms with E-state index < -0.39 is 6.10 Å². The quantitative estimate of drug-likeness (QED) is 0.835. The van der Waals surface area contributed by atoms with Crippen LogP contribution in [0.2, 0.25) is 0 Å². The lowest BCUT2D eigenvalue weighted by Gasteiger charge is -2.21. The summed E-state index contributed by atoms with van der Waals surface area (Å²) in [5.74, 6) is 1.44. The molecule has 0 fully saturated rings. The largest absolute Gasteiger partial charge is 0.497 e. The van der Waals surface area contributed by atoms with Gasteiger partial charge in [0, 0.05) is 0 Å². The third-order valence-electron chi connectivity index (χ3n) is 4.00. The zero-order valence-corrected chi connectivity index (χ0v) is 14.7. The third kappa shape index (κ3) is 4.51. The number of carbonyl (C=O) groups excluding carboxylic acids is 1. The molecule has 0 radical (unpaired) electrons. The number of aryl methyl sites for hydroxylation is 1. The highest BCUT2D eigenvalue weighted by Gasteiger charge is 2.21. The summed E-state index contributed by atoms with van der Waals surface area (Å²) in [4.78, 5) is 12.5. The number of rotatable bonds is 7. The maximum Gasteiger partial charge on any atom is 0.261 e. The summed E-state index contributed by atoms with van der Waals surface area (Å²) in [7, 11) is 1.63. The van der Waals surface area contributed by atoms with E-state index in [0.717, 1.165) is 22.6 Å². The Balaban J connectivity index is 2.01. The molecule has 1 amide bonds. The van der Waals surface area contributed by atoms with E-state index in [0.29, 0.717) is 6.42 Å². The van der Waals surface area contributed by atoms with Gasteiger partial charge < -0.3 is 14.8 Å². The van der Waals surface area contributed by atoms with Gasteiger partial charge in [-0.05, 0) is 49.6 Å². The summed E-state index contributed by atoms with van der Waals surface area (Å²) in [5, 5.41) is 3.02. The molecule has 1 N–H and O–H groups in total. The number of amides is 1. The molecule has 0 heterocycles. The summed E-state index contributed by atoms with van der Waals surface area (Å²) in [6, 6.07) is 15.3. The van der Waals surface area contributed by atoms with Crippen molar-refractivity contribution in [1.29, 1.82) is 0 Å². The van der Waals surface area contributed by atoms with Crippen molar-refractivity contribution in [2.45, 2.75) is 39.3 Å². The average Bonchev–Trinajstić information content (AvgIpc) is 2.61. The molecular formula is C20H25NO3. The van der Waals surface area contributed by atoms with Gasteiger partial charge in [0.05, 0.1) is 13.2 Å². The van der Waals surface area contributed by atoms with Gasteiger partial charge in [0.2, 0.25) is 0 Å². The maximum absolute atomic E-state index is 12.5. The topological polar surface area (TPSA) is 47.6 Å². The van der Waals surface area contributed by atoms with E-state index in [2.05, 4.69) is 5.32 Å². The second-order valence-corrected chi connectivity index (χ2v) is 5.78. The van der Waals surface area contributed by atoms with Gasteiger partial charge in [-0.2, -0.15) is 0 Å². The van der Waals surface area contributed by atoms with Gasteiger partial charge in [-0.3, -0.25) is 4.79 Å². The Hall–Kier alpha value is -2.49. The molecular weight excluding hydrogens is 302 g/mol. The lowest BCUT2D eigenvalue weighted by molar-refractivity contribution is -0.128. The SMILES string of the molecule is CC[C@H](Oc1ccccc1C)C(=O)N[C@H](C)c1ccc(OC)cc1. The van der Waals surface area contributed by atoms with Crippen LogP contribution in [0.15, 0.2) is 48.5 Å². The minimum absolute atomic E-state index is 0.0991. The highest BCUT2D eigenvalue weighted by molar-refractivity contribution is 5.81. The van der Waals surface area contributed by atoms with Crippen LogP contribution in [0.5, 0.6) is 11.5 Å². The van der Waals surface area contributed by atoms with Crippen molar-refractivity contribution >= 4 is 5.91 Å². The molecule has 0 unspecified atom stereocenters. The highest BCUT2D eigenvalue weighted by Crippen LogP contribution is 2.20. The number of ether oxygens (including phenoxy) is 2. The van der Waals surface area contributed by atoms with Gasteiger partial charge >= 0.3 is 0 Å². The van der Waals surface area contributed by atoms with Gasteiger partial charge in [-0.25, -0.2) is 0 Å². The second-order valence-electron chi connectivity index (χ2n) is 5.78. The molecule has 2 atom stereocenters. The Morgan fingerprint density at radius 1 is 1.12 bits per heavy atom. The molecule has 2 aromatic rings. The smallest absolute Gasteiger partial charge is 0.261 e. The lowest BCUT2D eigenvalue weighted by Crippen LogP contribution is -2.39. The first-order valence-corrected chi connectivity index (χ1v) is 8.21. The fraction of sp³-hybridized carbons (Fsp3) is 0.350. The molecule has 2 aromatic carbocycles. The van der Waals surface area contributed by atoms with Gasteiger partial charge in [-0.1, -0.05) is 37.3 Å². The van der Waals surface area contributed by atoms with E-state index >= 15 is 0 Å². The minimum Gasteiger partial charge on any atom is -0.497 e. The van der Waals surface area contributed by atoms with Crippen molar-refractivity contribution in [3.8, 4) is 11.5 Å². The highest BCUT2D eigenvalue weighted by atomic mass is 16.5.